The van der Waals surface area contributed by atoms with Gasteiger partial charge in [-0.3, -0.25) is 4.79 Å². The van der Waals surface area contributed by atoms with Crippen LogP contribution in [0.25, 0.3) is 10.2 Å². The standard InChI is InChI=1S/C16H15F2N3O3S2/c1-3-6-20-14-11(18)8-10(17)9-13(14)25-16(20)19-15(22)12-5-4-7-21(12)26(2,23)24/h1,8-9,12H,4-7H2,2H3. The van der Waals surface area contributed by atoms with Gasteiger partial charge in [-0.1, -0.05) is 17.3 Å². The molecule has 1 aromatic heterocycles. The third-order valence-electron chi connectivity index (χ3n) is 4.07. The van der Waals surface area contributed by atoms with Gasteiger partial charge in [0, 0.05) is 12.6 Å². The summed E-state index contributed by atoms with van der Waals surface area (Å²) in [5.41, 5.74) is 0.0623. The van der Waals surface area contributed by atoms with Crippen molar-refractivity contribution < 1.29 is 22.0 Å². The fourth-order valence-corrected chi connectivity index (χ4v) is 5.20. The molecular weight excluding hydrogens is 384 g/mol. The van der Waals surface area contributed by atoms with Crippen molar-refractivity contribution in [2.45, 2.75) is 25.4 Å². The Bertz CT molecular complexity index is 1100. The summed E-state index contributed by atoms with van der Waals surface area (Å²) in [7, 11) is -3.54. The number of thiazole rings is 1. The number of fused-ring (bicyclic) bond motifs is 1. The molecule has 1 atom stereocenters. The van der Waals surface area contributed by atoms with E-state index in [1.165, 1.54) is 4.57 Å². The number of aromatic nitrogens is 1. The average Bonchev–Trinajstić information content (AvgIpc) is 3.13. The van der Waals surface area contributed by atoms with E-state index in [2.05, 4.69) is 10.9 Å². The van der Waals surface area contributed by atoms with Gasteiger partial charge in [-0.2, -0.15) is 9.30 Å². The second-order valence-electron chi connectivity index (χ2n) is 5.89. The minimum atomic E-state index is -3.54. The molecule has 1 saturated heterocycles. The van der Waals surface area contributed by atoms with Gasteiger partial charge in [-0.25, -0.2) is 17.2 Å². The highest BCUT2D eigenvalue weighted by atomic mass is 32.2. The van der Waals surface area contributed by atoms with Gasteiger partial charge < -0.3 is 4.57 Å². The van der Waals surface area contributed by atoms with Gasteiger partial charge in [0.05, 0.1) is 23.0 Å². The molecule has 2 aromatic rings. The Morgan fingerprint density at radius 3 is 2.85 bits per heavy atom. The van der Waals surface area contributed by atoms with Gasteiger partial charge in [0.1, 0.15) is 11.9 Å². The number of sulfonamides is 1. The van der Waals surface area contributed by atoms with Gasteiger partial charge in [0.25, 0.3) is 5.91 Å². The molecule has 1 unspecified atom stereocenters. The zero-order chi connectivity index (χ0) is 19.1. The number of halogens is 2. The van der Waals surface area contributed by atoms with Crippen molar-refractivity contribution in [1.82, 2.24) is 8.87 Å². The maximum Gasteiger partial charge on any atom is 0.266 e. The van der Waals surface area contributed by atoms with Gasteiger partial charge in [0.2, 0.25) is 10.0 Å². The number of amides is 1. The van der Waals surface area contributed by atoms with Crippen LogP contribution in [0.4, 0.5) is 8.78 Å². The fraction of sp³-hybridized carbons (Fsp3) is 0.375. The van der Waals surface area contributed by atoms with Gasteiger partial charge >= 0.3 is 0 Å². The highest BCUT2D eigenvalue weighted by molar-refractivity contribution is 7.88. The van der Waals surface area contributed by atoms with E-state index in [4.69, 9.17) is 6.42 Å². The number of carbonyl (C=O) groups excluding carboxylic acids is 1. The van der Waals surface area contributed by atoms with Crippen molar-refractivity contribution in [1.29, 1.82) is 0 Å². The van der Waals surface area contributed by atoms with Crippen LogP contribution in [-0.4, -0.2) is 42.0 Å². The first-order valence-corrected chi connectivity index (χ1v) is 10.4. The molecule has 0 saturated carbocycles. The molecule has 2 heterocycles. The molecule has 1 aromatic carbocycles. The van der Waals surface area contributed by atoms with Crippen LogP contribution >= 0.6 is 11.3 Å². The maximum absolute atomic E-state index is 14.2. The number of nitrogens with zero attached hydrogens (tertiary/aromatic N) is 3. The van der Waals surface area contributed by atoms with Gasteiger partial charge in [-0.05, 0) is 18.9 Å². The Hall–Kier alpha value is -2.09. The number of hydrogen-bond donors (Lipinski definition) is 0. The molecule has 0 spiro atoms. The largest absolute Gasteiger partial charge is 0.302 e. The Morgan fingerprint density at radius 2 is 2.19 bits per heavy atom. The Morgan fingerprint density at radius 1 is 1.46 bits per heavy atom. The number of hydrogen-bond acceptors (Lipinski definition) is 4. The van der Waals surface area contributed by atoms with Crippen LogP contribution in [0.15, 0.2) is 17.1 Å². The third kappa shape index (κ3) is 3.42. The van der Waals surface area contributed by atoms with Crippen molar-refractivity contribution in [2.24, 2.45) is 4.99 Å². The molecule has 1 aliphatic rings. The van der Waals surface area contributed by atoms with Gasteiger partial charge in [-0.15, -0.1) is 6.42 Å². The molecule has 0 radical (unpaired) electrons. The van der Waals surface area contributed by atoms with E-state index in [0.717, 1.165) is 34.0 Å². The summed E-state index contributed by atoms with van der Waals surface area (Å²) in [5, 5.41) is 0. The lowest BCUT2D eigenvalue weighted by atomic mass is 10.2. The van der Waals surface area contributed by atoms with E-state index in [-0.39, 0.29) is 28.1 Å². The summed E-state index contributed by atoms with van der Waals surface area (Å²) >= 11 is 0.920. The third-order valence-corrected chi connectivity index (χ3v) is 6.38. The summed E-state index contributed by atoms with van der Waals surface area (Å²) in [6.07, 6.45) is 7.26. The Labute approximate surface area is 152 Å². The summed E-state index contributed by atoms with van der Waals surface area (Å²) in [5.74, 6) is 0.149. The Balaban J connectivity index is 2.12. The number of benzene rings is 1. The van der Waals surface area contributed by atoms with E-state index in [0.29, 0.717) is 12.8 Å². The molecule has 1 fully saturated rings. The van der Waals surface area contributed by atoms with Crippen LogP contribution in [0.2, 0.25) is 0 Å². The highest BCUT2D eigenvalue weighted by Crippen LogP contribution is 2.24. The smallest absolute Gasteiger partial charge is 0.266 e. The molecular formula is C16H15F2N3O3S2. The summed E-state index contributed by atoms with van der Waals surface area (Å²) < 4.78 is 53.9. The molecule has 1 amide bonds. The lowest BCUT2D eigenvalue weighted by Gasteiger charge is -2.18. The fourth-order valence-electron chi connectivity index (χ4n) is 3.01. The first-order valence-electron chi connectivity index (χ1n) is 7.69. The molecule has 26 heavy (non-hydrogen) atoms. The lowest BCUT2D eigenvalue weighted by Crippen LogP contribution is -2.39. The number of carbonyl (C=O) groups is 1. The van der Waals surface area contributed by atoms with E-state index in [1.54, 1.807) is 0 Å². The molecule has 6 nitrogen and oxygen atoms in total. The number of terminal acetylenes is 1. The van der Waals surface area contributed by atoms with Crippen LogP contribution < -0.4 is 4.80 Å². The Kier molecular flexibility index (Phi) is 4.96. The number of rotatable bonds is 3. The second-order valence-corrected chi connectivity index (χ2v) is 8.84. The lowest BCUT2D eigenvalue weighted by molar-refractivity contribution is -0.121. The predicted molar refractivity (Wildman–Crippen MR) is 93.7 cm³/mol. The SMILES string of the molecule is C#CCn1c(=NC(=O)C2CCCN2S(C)(=O)=O)sc2cc(F)cc(F)c21. The van der Waals surface area contributed by atoms with Crippen molar-refractivity contribution in [2.75, 3.05) is 12.8 Å². The van der Waals surface area contributed by atoms with E-state index in [1.807, 2.05) is 0 Å². The van der Waals surface area contributed by atoms with Crippen molar-refractivity contribution in [3.05, 3.63) is 28.6 Å². The van der Waals surface area contributed by atoms with Gasteiger partial charge in [0.15, 0.2) is 10.6 Å². The van der Waals surface area contributed by atoms with Crippen molar-refractivity contribution in [3.63, 3.8) is 0 Å². The normalized spacial score (nSPS) is 19.2. The van der Waals surface area contributed by atoms with E-state index < -0.39 is 33.6 Å². The average molecular weight is 399 g/mol. The molecule has 3 rings (SSSR count). The minimum Gasteiger partial charge on any atom is -0.302 e. The molecule has 138 valence electrons. The molecule has 0 bridgehead atoms. The molecule has 0 aliphatic carbocycles. The zero-order valence-electron chi connectivity index (χ0n) is 13.8. The van der Waals surface area contributed by atoms with Crippen LogP contribution in [0, 0.1) is 24.0 Å². The van der Waals surface area contributed by atoms with Crippen LogP contribution in [0.3, 0.4) is 0 Å². The summed E-state index contributed by atoms with van der Waals surface area (Å²) in [6, 6.07) is 0.977. The van der Waals surface area contributed by atoms with Crippen LogP contribution in [0.1, 0.15) is 12.8 Å². The summed E-state index contributed by atoms with van der Waals surface area (Å²) in [4.78, 5) is 16.6. The van der Waals surface area contributed by atoms with Crippen LogP contribution in [-0.2, 0) is 21.4 Å². The van der Waals surface area contributed by atoms with Crippen molar-refractivity contribution >= 4 is 37.5 Å². The first kappa shape index (κ1) is 18.7. The molecule has 1 aliphatic heterocycles. The summed E-state index contributed by atoms with van der Waals surface area (Å²) in [6.45, 7) is 0.191. The van der Waals surface area contributed by atoms with E-state index >= 15 is 0 Å². The quantitative estimate of drug-likeness (QED) is 0.734. The first-order chi connectivity index (χ1) is 12.2. The van der Waals surface area contributed by atoms with Crippen molar-refractivity contribution in [3.8, 4) is 12.3 Å². The van der Waals surface area contributed by atoms with E-state index in [9.17, 15) is 22.0 Å². The molecule has 10 heteroatoms. The zero-order valence-corrected chi connectivity index (χ0v) is 15.4. The monoisotopic (exact) mass is 399 g/mol. The maximum atomic E-state index is 14.2. The minimum absolute atomic E-state index is 0.0604. The predicted octanol–water partition coefficient (Wildman–Crippen LogP) is 1.47. The highest BCUT2D eigenvalue weighted by Gasteiger charge is 2.36. The molecule has 0 N–H and O–H groups in total. The topological polar surface area (TPSA) is 71.7 Å². The second kappa shape index (κ2) is 6.90. The van der Waals surface area contributed by atoms with Crippen LogP contribution in [0.5, 0.6) is 0 Å².